The van der Waals surface area contributed by atoms with Crippen LogP contribution in [0.5, 0.6) is 0 Å². The highest BCUT2D eigenvalue weighted by atomic mass is 35.5. The van der Waals surface area contributed by atoms with Gasteiger partial charge in [-0.05, 0) is 43.9 Å². The molecule has 4 nitrogen and oxygen atoms in total. The molecule has 2 N–H and O–H groups in total. The van der Waals surface area contributed by atoms with E-state index in [0.717, 1.165) is 31.6 Å². The van der Waals surface area contributed by atoms with Crippen molar-refractivity contribution in [3.05, 3.63) is 23.2 Å². The number of rotatable bonds is 3. The first-order valence-corrected chi connectivity index (χ1v) is 9.41. The van der Waals surface area contributed by atoms with E-state index in [1.165, 1.54) is 0 Å². The minimum atomic E-state index is -4.30. The first-order valence-electron chi connectivity index (χ1n) is 9.03. The van der Waals surface area contributed by atoms with E-state index in [-0.39, 0.29) is 6.42 Å². The summed E-state index contributed by atoms with van der Waals surface area (Å²) in [4.78, 5) is 14.5. The molecule has 26 heavy (non-hydrogen) atoms. The van der Waals surface area contributed by atoms with Gasteiger partial charge >= 0.3 is 12.2 Å². The third-order valence-electron chi connectivity index (χ3n) is 5.16. The zero-order valence-corrected chi connectivity index (χ0v) is 15.2. The van der Waals surface area contributed by atoms with Gasteiger partial charge in [-0.1, -0.05) is 24.4 Å². The normalized spacial score (nSPS) is 23.8. The summed E-state index contributed by atoms with van der Waals surface area (Å²) < 4.78 is 39.6. The van der Waals surface area contributed by atoms with Crippen molar-refractivity contribution in [1.29, 1.82) is 0 Å². The molecule has 0 aromatic heterocycles. The summed E-state index contributed by atoms with van der Waals surface area (Å²) in [5.41, 5.74) is 1.37. The molecule has 2 aliphatic rings. The van der Waals surface area contributed by atoms with Crippen molar-refractivity contribution in [2.24, 2.45) is 5.92 Å². The molecule has 0 bridgehead atoms. The van der Waals surface area contributed by atoms with E-state index < -0.39 is 24.2 Å². The number of benzene rings is 1. The second-order valence-corrected chi connectivity index (χ2v) is 7.43. The molecule has 1 saturated heterocycles. The van der Waals surface area contributed by atoms with E-state index in [0.29, 0.717) is 30.0 Å². The molecule has 8 heteroatoms. The van der Waals surface area contributed by atoms with Gasteiger partial charge in [0.2, 0.25) is 0 Å². The van der Waals surface area contributed by atoms with E-state index >= 15 is 0 Å². The predicted molar refractivity (Wildman–Crippen MR) is 96.9 cm³/mol. The smallest absolute Gasteiger partial charge is 0.370 e. The lowest BCUT2D eigenvalue weighted by Crippen LogP contribution is -2.49. The summed E-state index contributed by atoms with van der Waals surface area (Å²) in [6.45, 7) is 1.77. The van der Waals surface area contributed by atoms with Crippen LogP contribution in [-0.2, 0) is 0 Å². The van der Waals surface area contributed by atoms with Gasteiger partial charge in [-0.25, -0.2) is 4.79 Å². The maximum atomic E-state index is 13.2. The van der Waals surface area contributed by atoms with Crippen molar-refractivity contribution in [2.75, 3.05) is 23.3 Å². The molecule has 1 aromatic carbocycles. The second-order valence-electron chi connectivity index (χ2n) is 6.99. The Hall–Kier alpha value is -1.63. The number of halogens is 4. The van der Waals surface area contributed by atoms with Gasteiger partial charge in [-0.15, -0.1) is 0 Å². The van der Waals surface area contributed by atoms with E-state index in [4.69, 9.17) is 11.6 Å². The summed E-state index contributed by atoms with van der Waals surface area (Å²) >= 11 is 6.04. The number of amides is 2. The van der Waals surface area contributed by atoms with Gasteiger partial charge in [0.15, 0.2) is 0 Å². The van der Waals surface area contributed by atoms with Crippen LogP contribution in [0.15, 0.2) is 18.2 Å². The van der Waals surface area contributed by atoms with Gasteiger partial charge in [0.1, 0.15) is 0 Å². The van der Waals surface area contributed by atoms with Crippen molar-refractivity contribution < 1.29 is 18.0 Å². The summed E-state index contributed by atoms with van der Waals surface area (Å²) in [7, 11) is 0. The highest BCUT2D eigenvalue weighted by Crippen LogP contribution is 2.38. The number of nitrogens with zero attached hydrogens (tertiary/aromatic N) is 1. The fourth-order valence-corrected chi connectivity index (χ4v) is 4.04. The third kappa shape index (κ3) is 4.55. The Morgan fingerprint density at radius 2 is 1.81 bits per heavy atom. The number of carbonyl (C=O) groups excluding carboxylic acids is 1. The Bertz CT molecular complexity index is 647. The SMILES string of the molecule is O=C(Nc1cc(Cl)ccc1N1CCCC1)N[C@H]1CCCC[C@H]1C(F)(F)F. The zero-order chi connectivity index (χ0) is 18.7. The van der Waals surface area contributed by atoms with Crippen molar-refractivity contribution in [3.8, 4) is 0 Å². The van der Waals surface area contributed by atoms with Crippen molar-refractivity contribution >= 4 is 29.0 Å². The van der Waals surface area contributed by atoms with Crippen molar-refractivity contribution in [1.82, 2.24) is 5.32 Å². The lowest BCUT2D eigenvalue weighted by atomic mass is 9.84. The van der Waals surface area contributed by atoms with Crippen LogP contribution in [0, 0.1) is 5.92 Å². The van der Waals surface area contributed by atoms with E-state index in [9.17, 15) is 18.0 Å². The molecule has 2 fully saturated rings. The average molecular weight is 390 g/mol. The molecule has 1 aromatic rings. The predicted octanol–water partition coefficient (Wildman–Crippen LogP) is 5.18. The first-order chi connectivity index (χ1) is 12.3. The van der Waals surface area contributed by atoms with E-state index in [2.05, 4.69) is 15.5 Å². The molecular weight excluding hydrogens is 367 g/mol. The lowest BCUT2D eigenvalue weighted by molar-refractivity contribution is -0.187. The van der Waals surface area contributed by atoms with Crippen LogP contribution in [0.1, 0.15) is 38.5 Å². The van der Waals surface area contributed by atoms with Crippen LogP contribution in [0.2, 0.25) is 5.02 Å². The Morgan fingerprint density at radius 1 is 1.12 bits per heavy atom. The van der Waals surface area contributed by atoms with Gasteiger partial charge < -0.3 is 15.5 Å². The molecule has 2 atom stereocenters. The highest BCUT2D eigenvalue weighted by Gasteiger charge is 2.46. The number of urea groups is 1. The largest absolute Gasteiger partial charge is 0.393 e. The molecule has 1 heterocycles. The molecule has 0 spiro atoms. The van der Waals surface area contributed by atoms with Gasteiger partial charge in [0.05, 0.1) is 17.3 Å². The van der Waals surface area contributed by atoms with Gasteiger partial charge in [0.25, 0.3) is 0 Å². The zero-order valence-electron chi connectivity index (χ0n) is 14.4. The summed E-state index contributed by atoms with van der Waals surface area (Å²) in [5, 5.41) is 5.70. The molecule has 1 aliphatic heterocycles. The standard InChI is InChI=1S/C18H23ClF3N3O/c19-12-7-8-16(25-9-3-4-10-25)15(11-12)24-17(26)23-14-6-2-1-5-13(14)18(20,21)22/h7-8,11,13-14H,1-6,9-10H2,(H2,23,24,26)/t13-,14+/m1/s1. The summed E-state index contributed by atoms with van der Waals surface area (Å²) in [5.74, 6) is -1.49. The highest BCUT2D eigenvalue weighted by molar-refractivity contribution is 6.31. The number of carbonyl (C=O) groups is 1. The van der Waals surface area contributed by atoms with Crippen molar-refractivity contribution in [2.45, 2.75) is 50.7 Å². The molecule has 3 rings (SSSR count). The Morgan fingerprint density at radius 3 is 2.50 bits per heavy atom. The first kappa shape index (κ1) is 19.1. The maximum Gasteiger partial charge on any atom is 0.393 e. The van der Waals surface area contributed by atoms with Crippen LogP contribution < -0.4 is 15.5 Å². The van der Waals surface area contributed by atoms with Crippen LogP contribution >= 0.6 is 11.6 Å². The Labute approximate surface area is 156 Å². The Balaban J connectivity index is 1.70. The quantitative estimate of drug-likeness (QED) is 0.747. The van der Waals surface area contributed by atoms with Crippen LogP contribution in [-0.4, -0.2) is 31.3 Å². The summed E-state index contributed by atoms with van der Waals surface area (Å²) in [6.07, 6.45) is -0.524. The monoisotopic (exact) mass is 389 g/mol. The number of hydrogen-bond acceptors (Lipinski definition) is 2. The molecule has 2 amide bonds. The Kier molecular flexibility index (Phi) is 5.85. The van der Waals surface area contributed by atoms with Crippen LogP contribution in [0.4, 0.5) is 29.3 Å². The molecule has 1 saturated carbocycles. The van der Waals surface area contributed by atoms with Gasteiger partial charge in [0, 0.05) is 24.2 Å². The minimum Gasteiger partial charge on any atom is -0.370 e. The number of hydrogen-bond donors (Lipinski definition) is 2. The topological polar surface area (TPSA) is 44.4 Å². The van der Waals surface area contributed by atoms with E-state index in [1.54, 1.807) is 12.1 Å². The maximum absolute atomic E-state index is 13.2. The molecule has 0 unspecified atom stereocenters. The van der Waals surface area contributed by atoms with E-state index in [1.807, 2.05) is 6.07 Å². The molecule has 1 aliphatic carbocycles. The fraction of sp³-hybridized carbons (Fsp3) is 0.611. The van der Waals surface area contributed by atoms with Gasteiger partial charge in [-0.3, -0.25) is 0 Å². The molecule has 0 radical (unpaired) electrons. The number of alkyl halides is 3. The second kappa shape index (κ2) is 7.94. The number of nitrogens with one attached hydrogen (secondary N) is 2. The molecule has 144 valence electrons. The molecular formula is C18H23ClF3N3O. The van der Waals surface area contributed by atoms with Crippen LogP contribution in [0.3, 0.4) is 0 Å². The minimum absolute atomic E-state index is 0.0602. The third-order valence-corrected chi connectivity index (χ3v) is 5.39. The number of anilines is 2. The summed E-state index contributed by atoms with van der Waals surface area (Å²) in [6, 6.07) is 3.71. The fourth-order valence-electron chi connectivity index (χ4n) is 3.86. The average Bonchev–Trinajstić information content (AvgIpc) is 3.08. The van der Waals surface area contributed by atoms with Gasteiger partial charge in [-0.2, -0.15) is 13.2 Å². The van der Waals surface area contributed by atoms with Crippen molar-refractivity contribution in [3.63, 3.8) is 0 Å². The van der Waals surface area contributed by atoms with Crippen LogP contribution in [0.25, 0.3) is 0 Å². The lowest BCUT2D eigenvalue weighted by Gasteiger charge is -2.33.